The van der Waals surface area contributed by atoms with E-state index in [1.807, 2.05) is 18.2 Å². The van der Waals surface area contributed by atoms with Crippen LogP contribution in [-0.4, -0.2) is 4.57 Å². The molecule has 0 spiro atoms. The number of aromatic nitrogens is 1. The summed E-state index contributed by atoms with van der Waals surface area (Å²) in [6.07, 6.45) is 0. The third kappa shape index (κ3) is 2.45. The van der Waals surface area contributed by atoms with Crippen LogP contribution in [-0.2, 0) is 0 Å². The van der Waals surface area contributed by atoms with Crippen molar-refractivity contribution in [1.29, 1.82) is 0 Å². The molecule has 1 N–H and O–H groups in total. The molecule has 0 aliphatic rings. The Kier molecular flexibility index (Phi) is 3.30. The molecule has 0 aliphatic carbocycles. The first-order valence-electron chi connectivity index (χ1n) is 6.81. The molecule has 1 heterocycles. The van der Waals surface area contributed by atoms with Crippen molar-refractivity contribution in [3.8, 4) is 5.69 Å². The van der Waals surface area contributed by atoms with E-state index in [0.29, 0.717) is 0 Å². The number of hydrogen-bond donors (Lipinski definition) is 1. The van der Waals surface area contributed by atoms with Crippen LogP contribution in [0.5, 0.6) is 0 Å². The Morgan fingerprint density at radius 2 is 1.20 bits per heavy atom. The van der Waals surface area contributed by atoms with Gasteiger partial charge in [-0.1, -0.05) is 18.2 Å². The fourth-order valence-corrected chi connectivity index (χ4v) is 2.46. The van der Waals surface area contributed by atoms with Crippen molar-refractivity contribution < 1.29 is 0 Å². The Morgan fingerprint density at radius 1 is 0.650 bits per heavy atom. The molecule has 2 heteroatoms. The van der Waals surface area contributed by atoms with E-state index in [4.69, 9.17) is 0 Å². The van der Waals surface area contributed by atoms with E-state index in [1.165, 1.54) is 17.1 Å². The Bertz CT molecular complexity index is 675. The zero-order valence-corrected chi connectivity index (χ0v) is 11.8. The molecule has 0 bridgehead atoms. The van der Waals surface area contributed by atoms with E-state index in [2.05, 4.69) is 72.3 Å². The maximum Gasteiger partial charge on any atom is 0.0456 e. The summed E-state index contributed by atoms with van der Waals surface area (Å²) in [5.41, 5.74) is 5.91. The summed E-state index contributed by atoms with van der Waals surface area (Å²) in [4.78, 5) is 0. The number of rotatable bonds is 3. The van der Waals surface area contributed by atoms with Crippen LogP contribution in [0.2, 0.25) is 0 Å². The lowest BCUT2D eigenvalue weighted by molar-refractivity contribution is 0.966. The number of hydrogen-bond acceptors (Lipinski definition) is 1. The summed E-state index contributed by atoms with van der Waals surface area (Å²) in [5, 5.41) is 3.40. The second kappa shape index (κ2) is 5.25. The first-order chi connectivity index (χ1) is 9.74. The van der Waals surface area contributed by atoms with E-state index < -0.39 is 0 Å². The molecule has 0 saturated heterocycles. The van der Waals surface area contributed by atoms with Gasteiger partial charge >= 0.3 is 0 Å². The second-order valence-electron chi connectivity index (χ2n) is 4.99. The van der Waals surface area contributed by atoms with Crippen LogP contribution < -0.4 is 5.32 Å². The van der Waals surface area contributed by atoms with Crippen LogP contribution in [0.1, 0.15) is 11.4 Å². The standard InChI is InChI=1S/C18H18N2/c1-14-8-9-15(2)20(14)18-12-10-17(11-13-18)19-16-6-4-3-5-7-16/h3-13,19H,1-2H3. The molecule has 1 aromatic heterocycles. The predicted octanol–water partition coefficient (Wildman–Crippen LogP) is 4.84. The van der Waals surface area contributed by atoms with Crippen LogP contribution >= 0.6 is 0 Å². The Labute approximate surface area is 119 Å². The van der Waals surface area contributed by atoms with E-state index >= 15 is 0 Å². The maximum atomic E-state index is 3.40. The normalized spacial score (nSPS) is 10.5. The van der Waals surface area contributed by atoms with Crippen LogP contribution in [0.25, 0.3) is 5.69 Å². The van der Waals surface area contributed by atoms with E-state index in [9.17, 15) is 0 Å². The smallest absolute Gasteiger partial charge is 0.0456 e. The van der Waals surface area contributed by atoms with Crippen LogP contribution in [0, 0.1) is 13.8 Å². The number of anilines is 2. The minimum Gasteiger partial charge on any atom is -0.356 e. The van der Waals surface area contributed by atoms with Gasteiger partial charge in [0.2, 0.25) is 0 Å². The highest BCUT2D eigenvalue weighted by atomic mass is 15.0. The lowest BCUT2D eigenvalue weighted by Crippen LogP contribution is -1.98. The molecule has 0 fully saturated rings. The van der Waals surface area contributed by atoms with Gasteiger partial charge in [-0.15, -0.1) is 0 Å². The molecule has 0 aliphatic heterocycles. The minimum atomic E-state index is 1.10. The van der Waals surface area contributed by atoms with E-state index in [1.54, 1.807) is 0 Å². The first-order valence-corrected chi connectivity index (χ1v) is 6.81. The summed E-state index contributed by atoms with van der Waals surface area (Å²) in [7, 11) is 0. The lowest BCUT2D eigenvalue weighted by Gasteiger charge is -2.11. The van der Waals surface area contributed by atoms with Gasteiger partial charge in [0.15, 0.2) is 0 Å². The van der Waals surface area contributed by atoms with Crippen molar-refractivity contribution in [3.05, 3.63) is 78.1 Å². The average Bonchev–Trinajstić information content (AvgIpc) is 2.81. The quantitative estimate of drug-likeness (QED) is 0.714. The fourth-order valence-electron chi connectivity index (χ4n) is 2.46. The molecular weight excluding hydrogens is 244 g/mol. The monoisotopic (exact) mass is 262 g/mol. The summed E-state index contributed by atoms with van der Waals surface area (Å²) in [5.74, 6) is 0. The highest BCUT2D eigenvalue weighted by molar-refractivity contribution is 5.60. The zero-order chi connectivity index (χ0) is 13.9. The molecule has 3 aromatic rings. The SMILES string of the molecule is Cc1ccc(C)n1-c1ccc(Nc2ccccc2)cc1. The number of nitrogens with zero attached hydrogens (tertiary/aromatic N) is 1. The lowest BCUT2D eigenvalue weighted by atomic mass is 10.2. The van der Waals surface area contributed by atoms with Gasteiger partial charge in [-0.05, 0) is 62.4 Å². The topological polar surface area (TPSA) is 17.0 Å². The molecule has 100 valence electrons. The molecular formula is C18H18N2. The van der Waals surface area contributed by atoms with Crippen LogP contribution in [0.15, 0.2) is 66.7 Å². The van der Waals surface area contributed by atoms with Gasteiger partial charge in [0.25, 0.3) is 0 Å². The van der Waals surface area contributed by atoms with E-state index in [-0.39, 0.29) is 0 Å². The fraction of sp³-hybridized carbons (Fsp3) is 0.111. The third-order valence-corrected chi connectivity index (χ3v) is 3.46. The van der Waals surface area contributed by atoms with Crippen LogP contribution in [0.4, 0.5) is 11.4 Å². The van der Waals surface area contributed by atoms with Crippen molar-refractivity contribution in [2.24, 2.45) is 0 Å². The van der Waals surface area contributed by atoms with Crippen LogP contribution in [0.3, 0.4) is 0 Å². The molecule has 20 heavy (non-hydrogen) atoms. The first kappa shape index (κ1) is 12.5. The average molecular weight is 262 g/mol. The van der Waals surface area contributed by atoms with Gasteiger partial charge in [0.05, 0.1) is 0 Å². The van der Waals surface area contributed by atoms with Gasteiger partial charge in [-0.2, -0.15) is 0 Å². The van der Waals surface area contributed by atoms with E-state index in [0.717, 1.165) is 11.4 Å². The highest BCUT2D eigenvalue weighted by Crippen LogP contribution is 2.21. The minimum absolute atomic E-state index is 1.10. The Morgan fingerprint density at radius 3 is 1.80 bits per heavy atom. The van der Waals surface area contributed by atoms with Crippen molar-refractivity contribution in [2.45, 2.75) is 13.8 Å². The molecule has 0 unspecified atom stereocenters. The van der Waals surface area contributed by atoms with Crippen molar-refractivity contribution in [1.82, 2.24) is 4.57 Å². The molecule has 3 rings (SSSR count). The van der Waals surface area contributed by atoms with Crippen molar-refractivity contribution >= 4 is 11.4 Å². The number of benzene rings is 2. The predicted molar refractivity (Wildman–Crippen MR) is 85.0 cm³/mol. The summed E-state index contributed by atoms with van der Waals surface area (Å²) in [6, 6.07) is 23.0. The van der Waals surface area contributed by atoms with Crippen molar-refractivity contribution in [2.75, 3.05) is 5.32 Å². The molecule has 0 amide bonds. The molecule has 0 saturated carbocycles. The Balaban J connectivity index is 1.85. The number of nitrogens with one attached hydrogen (secondary N) is 1. The summed E-state index contributed by atoms with van der Waals surface area (Å²) < 4.78 is 2.26. The third-order valence-electron chi connectivity index (χ3n) is 3.46. The molecule has 0 radical (unpaired) electrons. The second-order valence-corrected chi connectivity index (χ2v) is 4.99. The summed E-state index contributed by atoms with van der Waals surface area (Å²) in [6.45, 7) is 4.26. The van der Waals surface area contributed by atoms with Gasteiger partial charge in [0.1, 0.15) is 0 Å². The molecule has 0 atom stereocenters. The Hall–Kier alpha value is -2.48. The zero-order valence-electron chi connectivity index (χ0n) is 11.8. The maximum absolute atomic E-state index is 3.40. The van der Waals surface area contributed by atoms with Crippen molar-refractivity contribution in [3.63, 3.8) is 0 Å². The highest BCUT2D eigenvalue weighted by Gasteiger charge is 2.03. The number of aryl methyl sites for hydroxylation is 2. The van der Waals surface area contributed by atoms with Gasteiger partial charge in [-0.25, -0.2) is 0 Å². The summed E-state index contributed by atoms with van der Waals surface area (Å²) >= 11 is 0. The number of para-hydroxylation sites is 1. The molecule has 2 aromatic carbocycles. The van der Waals surface area contributed by atoms with Gasteiger partial charge in [-0.3, -0.25) is 0 Å². The van der Waals surface area contributed by atoms with Gasteiger partial charge in [0, 0.05) is 28.5 Å². The largest absolute Gasteiger partial charge is 0.356 e. The molecule has 2 nitrogen and oxygen atoms in total. The van der Waals surface area contributed by atoms with Gasteiger partial charge < -0.3 is 9.88 Å².